The molecule has 4 aliphatic rings. The van der Waals surface area contributed by atoms with Crippen molar-refractivity contribution in [1.82, 2.24) is 0 Å². The van der Waals surface area contributed by atoms with E-state index in [0.717, 1.165) is 22.3 Å². The third kappa shape index (κ3) is 2.21. The summed E-state index contributed by atoms with van der Waals surface area (Å²) in [5.74, 6) is -1.93. The van der Waals surface area contributed by atoms with E-state index in [2.05, 4.69) is 31.9 Å². The molecule has 31 heavy (non-hydrogen) atoms. The number of nitrogens with zero attached hydrogens (tertiary/aromatic N) is 1. The van der Waals surface area contributed by atoms with Gasteiger partial charge in [-0.1, -0.05) is 110 Å². The van der Waals surface area contributed by atoms with E-state index >= 15 is 0 Å². The van der Waals surface area contributed by atoms with Gasteiger partial charge in [0.2, 0.25) is 11.8 Å². The summed E-state index contributed by atoms with van der Waals surface area (Å²) in [5.41, 5.74) is 4.19. The summed E-state index contributed by atoms with van der Waals surface area (Å²) < 4.78 is -1.68. The summed E-state index contributed by atoms with van der Waals surface area (Å²) in [6, 6.07) is 20.9. The zero-order valence-electron chi connectivity index (χ0n) is 15.8. The van der Waals surface area contributed by atoms with Crippen LogP contribution < -0.4 is 4.90 Å². The second-order valence-electron chi connectivity index (χ2n) is 8.05. The van der Waals surface area contributed by atoms with E-state index in [0.29, 0.717) is 0 Å². The van der Waals surface area contributed by atoms with Crippen molar-refractivity contribution >= 4 is 72.6 Å². The fourth-order valence-corrected chi connectivity index (χ4v) is 8.46. The highest BCUT2D eigenvalue weighted by molar-refractivity contribution is 9.10. The Kier molecular flexibility index (Phi) is 4.15. The molecule has 7 rings (SSSR count). The molecule has 1 heterocycles. The lowest BCUT2D eigenvalue weighted by Gasteiger charge is -2.55. The highest BCUT2D eigenvalue weighted by Gasteiger charge is 2.72. The van der Waals surface area contributed by atoms with E-state index in [1.54, 1.807) is 18.2 Å². The molecule has 0 aromatic heterocycles. The van der Waals surface area contributed by atoms with Crippen LogP contribution in [-0.2, 0) is 18.2 Å². The number of benzene rings is 3. The molecule has 3 aliphatic carbocycles. The molecule has 0 radical (unpaired) electrons. The first-order valence-electron chi connectivity index (χ1n) is 9.72. The summed E-state index contributed by atoms with van der Waals surface area (Å²) in [6.45, 7) is 0. The average molecular weight is 578 g/mol. The van der Waals surface area contributed by atoms with Gasteiger partial charge in [-0.15, -0.1) is 0 Å². The van der Waals surface area contributed by atoms with Crippen molar-refractivity contribution in [1.29, 1.82) is 0 Å². The first-order valence-corrected chi connectivity index (χ1v) is 12.1. The lowest BCUT2D eigenvalue weighted by Crippen LogP contribution is -2.56. The standard InChI is InChI=1S/C24H13Br2Cl2NO2/c25-23-12-6-1-2-7-13(12)24(26,15-9-4-3-8-14(15)23)19-18(23)21(30)29(22(19)31)20-16(27)10-5-11-17(20)28/h1-11,18-19H/t18-,19-,23?,24?/m0/s1. The molecule has 2 bridgehead atoms. The van der Waals surface area contributed by atoms with E-state index in [-0.39, 0.29) is 27.5 Å². The van der Waals surface area contributed by atoms with Crippen LogP contribution in [0.3, 0.4) is 0 Å². The Morgan fingerprint density at radius 3 is 1.35 bits per heavy atom. The van der Waals surface area contributed by atoms with Crippen molar-refractivity contribution in [2.75, 3.05) is 4.90 Å². The van der Waals surface area contributed by atoms with Crippen LogP contribution >= 0.6 is 55.1 Å². The van der Waals surface area contributed by atoms with Crippen molar-refractivity contribution in [2.24, 2.45) is 11.8 Å². The van der Waals surface area contributed by atoms with Gasteiger partial charge in [0.15, 0.2) is 0 Å². The minimum atomic E-state index is -0.838. The van der Waals surface area contributed by atoms with Crippen LogP contribution in [0.1, 0.15) is 22.3 Å². The highest BCUT2D eigenvalue weighted by Crippen LogP contribution is 2.71. The highest BCUT2D eigenvalue weighted by atomic mass is 79.9. The summed E-state index contributed by atoms with van der Waals surface area (Å²) >= 11 is 20.8. The van der Waals surface area contributed by atoms with Gasteiger partial charge in [0, 0.05) is 0 Å². The van der Waals surface area contributed by atoms with Crippen LogP contribution in [0.5, 0.6) is 0 Å². The van der Waals surface area contributed by atoms with Crippen molar-refractivity contribution in [2.45, 2.75) is 8.65 Å². The number of amides is 2. The maximum atomic E-state index is 13.9. The van der Waals surface area contributed by atoms with Crippen LogP contribution in [-0.4, -0.2) is 11.8 Å². The van der Waals surface area contributed by atoms with Crippen LogP contribution in [0, 0.1) is 11.8 Å². The minimum Gasteiger partial charge on any atom is -0.274 e. The fraction of sp³-hybridized carbons (Fsp3) is 0.167. The Bertz CT molecular complexity index is 1180. The molecule has 2 amide bonds. The van der Waals surface area contributed by atoms with Crippen molar-refractivity contribution < 1.29 is 9.59 Å². The van der Waals surface area contributed by atoms with Gasteiger partial charge in [-0.25, -0.2) is 4.90 Å². The molecule has 0 unspecified atom stereocenters. The number of alkyl halides is 2. The SMILES string of the molecule is O=C1[C@@H]2[C@@H](C(=O)N1c1c(Cl)cccc1Cl)C1(Br)c3ccccc3C2(Br)c2ccccc21. The Morgan fingerprint density at radius 2 is 1.00 bits per heavy atom. The quantitative estimate of drug-likeness (QED) is 0.248. The molecule has 3 aromatic rings. The largest absolute Gasteiger partial charge is 0.274 e. The molecule has 7 heteroatoms. The Morgan fingerprint density at radius 1 is 0.645 bits per heavy atom. The van der Waals surface area contributed by atoms with E-state index in [1.807, 2.05) is 48.5 Å². The predicted molar refractivity (Wildman–Crippen MR) is 128 cm³/mol. The number of carbonyl (C=O) groups excluding carboxylic acids is 2. The molecular weight excluding hydrogens is 565 g/mol. The third-order valence-electron chi connectivity index (χ3n) is 6.75. The lowest BCUT2D eigenvalue weighted by molar-refractivity contribution is -0.122. The molecule has 0 N–H and O–H groups in total. The smallest absolute Gasteiger partial charge is 0.239 e. The zero-order valence-corrected chi connectivity index (χ0v) is 20.5. The maximum Gasteiger partial charge on any atom is 0.239 e. The molecule has 1 fully saturated rings. The zero-order chi connectivity index (χ0) is 21.7. The summed E-state index contributed by atoms with van der Waals surface area (Å²) in [4.78, 5) is 29.1. The number of hydrogen-bond acceptors (Lipinski definition) is 2. The summed E-state index contributed by atoms with van der Waals surface area (Å²) in [5, 5.41) is 0.532. The summed E-state index contributed by atoms with van der Waals surface area (Å²) in [7, 11) is 0. The van der Waals surface area contributed by atoms with Crippen LogP contribution in [0.4, 0.5) is 5.69 Å². The van der Waals surface area contributed by atoms with Crippen LogP contribution in [0.15, 0.2) is 66.7 Å². The molecule has 3 aromatic carbocycles. The van der Waals surface area contributed by atoms with E-state index in [4.69, 9.17) is 23.2 Å². The molecule has 1 aliphatic heterocycles. The van der Waals surface area contributed by atoms with Crippen molar-refractivity contribution in [3.05, 3.63) is 99.0 Å². The van der Waals surface area contributed by atoms with Gasteiger partial charge in [-0.3, -0.25) is 9.59 Å². The summed E-state index contributed by atoms with van der Waals surface area (Å²) in [6.07, 6.45) is 0. The van der Waals surface area contributed by atoms with Crippen LogP contribution in [0.25, 0.3) is 0 Å². The second-order valence-corrected chi connectivity index (χ2v) is 11.4. The van der Waals surface area contributed by atoms with Gasteiger partial charge < -0.3 is 0 Å². The number of hydrogen-bond donors (Lipinski definition) is 0. The van der Waals surface area contributed by atoms with Gasteiger partial charge in [0.25, 0.3) is 0 Å². The molecule has 0 saturated carbocycles. The van der Waals surface area contributed by atoms with E-state index < -0.39 is 20.5 Å². The first kappa shape index (κ1) is 20.0. The molecule has 3 nitrogen and oxygen atoms in total. The maximum absolute atomic E-state index is 13.9. The van der Waals surface area contributed by atoms with Crippen LogP contribution in [0.2, 0.25) is 10.0 Å². The first-order chi connectivity index (χ1) is 14.8. The number of rotatable bonds is 1. The lowest BCUT2D eigenvalue weighted by atomic mass is 9.54. The Balaban J connectivity index is 1.68. The van der Waals surface area contributed by atoms with Gasteiger partial charge in [-0.2, -0.15) is 0 Å². The number of carbonyl (C=O) groups is 2. The molecule has 1 saturated heterocycles. The Labute approximate surface area is 205 Å². The predicted octanol–water partition coefficient (Wildman–Crippen LogP) is 6.40. The minimum absolute atomic E-state index is 0.245. The van der Waals surface area contributed by atoms with Gasteiger partial charge >= 0.3 is 0 Å². The normalized spacial score (nSPS) is 30.3. The van der Waals surface area contributed by atoms with E-state index in [9.17, 15) is 9.59 Å². The number of imide groups is 1. The van der Waals surface area contributed by atoms with Crippen molar-refractivity contribution in [3.63, 3.8) is 0 Å². The van der Waals surface area contributed by atoms with Gasteiger partial charge in [0.05, 0.1) is 36.2 Å². The number of halogens is 4. The fourth-order valence-electron chi connectivity index (χ4n) is 5.59. The molecule has 2 atom stereocenters. The molecule has 0 spiro atoms. The molecule has 154 valence electrons. The van der Waals surface area contributed by atoms with Gasteiger partial charge in [-0.05, 0) is 34.4 Å². The number of para-hydroxylation sites is 1. The topological polar surface area (TPSA) is 37.4 Å². The third-order valence-corrected chi connectivity index (χ3v) is 10.1. The number of anilines is 1. The van der Waals surface area contributed by atoms with Gasteiger partial charge in [0.1, 0.15) is 0 Å². The second kappa shape index (κ2) is 6.44. The monoisotopic (exact) mass is 575 g/mol. The molecular formula is C24H13Br2Cl2NO2. The average Bonchev–Trinajstić information content (AvgIpc) is 3.04. The van der Waals surface area contributed by atoms with Crippen molar-refractivity contribution in [3.8, 4) is 0 Å². The Hall–Kier alpha value is -1.66. The van der Waals surface area contributed by atoms with E-state index in [1.165, 1.54) is 4.90 Å².